The van der Waals surface area contributed by atoms with Gasteiger partial charge in [-0.2, -0.15) is 5.26 Å². The quantitative estimate of drug-likeness (QED) is 0.413. The standard InChI is InChI=1S/C24H25N3O3S/c1-14(2)18-8-6-15(3)10-21(18)30-13-17-11-16(7-9-20(17)29-4)22-19(12-25)23(28)27-24(26-22)31-5/h6-11,14H,13H2,1-5H3,(H,26,27,28). The van der Waals surface area contributed by atoms with Crippen LogP contribution >= 0.6 is 11.8 Å². The summed E-state index contributed by atoms with van der Waals surface area (Å²) in [5.74, 6) is 1.82. The van der Waals surface area contributed by atoms with E-state index in [4.69, 9.17) is 9.47 Å². The largest absolute Gasteiger partial charge is 0.496 e. The van der Waals surface area contributed by atoms with E-state index < -0.39 is 5.56 Å². The van der Waals surface area contributed by atoms with Crippen LogP contribution in [0.2, 0.25) is 0 Å². The summed E-state index contributed by atoms with van der Waals surface area (Å²) in [5, 5.41) is 9.94. The number of nitrogens with zero attached hydrogens (tertiary/aromatic N) is 2. The Morgan fingerprint density at radius 3 is 2.61 bits per heavy atom. The Morgan fingerprint density at radius 1 is 1.19 bits per heavy atom. The molecule has 1 heterocycles. The van der Waals surface area contributed by atoms with Gasteiger partial charge in [-0.05, 0) is 54.5 Å². The van der Waals surface area contributed by atoms with E-state index in [-0.39, 0.29) is 12.2 Å². The maximum atomic E-state index is 12.3. The van der Waals surface area contributed by atoms with Gasteiger partial charge in [0.1, 0.15) is 29.7 Å². The molecule has 31 heavy (non-hydrogen) atoms. The summed E-state index contributed by atoms with van der Waals surface area (Å²) >= 11 is 1.31. The molecule has 3 rings (SSSR count). The Kier molecular flexibility index (Phi) is 7.03. The molecule has 160 valence electrons. The minimum atomic E-state index is -0.452. The minimum Gasteiger partial charge on any atom is -0.496 e. The molecule has 7 heteroatoms. The number of nitrogens with one attached hydrogen (secondary N) is 1. The molecule has 0 saturated carbocycles. The lowest BCUT2D eigenvalue weighted by Gasteiger charge is -2.17. The average Bonchev–Trinajstić information content (AvgIpc) is 2.76. The predicted octanol–water partition coefficient (Wildman–Crippen LogP) is 5.05. The van der Waals surface area contributed by atoms with Crippen molar-refractivity contribution in [3.05, 3.63) is 69.0 Å². The van der Waals surface area contributed by atoms with Crippen LogP contribution < -0.4 is 15.0 Å². The number of H-pyrrole nitrogens is 1. The summed E-state index contributed by atoms with van der Waals surface area (Å²) in [6.45, 7) is 6.57. The second kappa shape index (κ2) is 9.71. The number of benzene rings is 2. The van der Waals surface area contributed by atoms with E-state index in [1.165, 1.54) is 11.8 Å². The Morgan fingerprint density at radius 2 is 1.97 bits per heavy atom. The van der Waals surface area contributed by atoms with Crippen LogP contribution in [0, 0.1) is 18.3 Å². The van der Waals surface area contributed by atoms with Crippen LogP contribution in [0.25, 0.3) is 11.3 Å². The first-order valence-electron chi connectivity index (χ1n) is 9.87. The molecule has 0 aliphatic carbocycles. The third-order valence-electron chi connectivity index (χ3n) is 4.93. The lowest BCUT2D eigenvalue weighted by atomic mass is 10.0. The Hall–Kier alpha value is -3.24. The van der Waals surface area contributed by atoms with E-state index >= 15 is 0 Å². The van der Waals surface area contributed by atoms with Crippen molar-refractivity contribution in [1.82, 2.24) is 9.97 Å². The molecule has 0 spiro atoms. The van der Waals surface area contributed by atoms with Crippen molar-refractivity contribution in [1.29, 1.82) is 5.26 Å². The molecule has 0 atom stereocenters. The van der Waals surface area contributed by atoms with Gasteiger partial charge in [-0.15, -0.1) is 0 Å². The van der Waals surface area contributed by atoms with Crippen LogP contribution in [0.5, 0.6) is 11.5 Å². The smallest absolute Gasteiger partial charge is 0.270 e. The summed E-state index contributed by atoms with van der Waals surface area (Å²) in [6.07, 6.45) is 1.82. The first-order valence-corrected chi connectivity index (χ1v) is 11.1. The Balaban J connectivity index is 2.02. The van der Waals surface area contributed by atoms with Crippen molar-refractivity contribution >= 4 is 11.8 Å². The number of aryl methyl sites for hydroxylation is 1. The summed E-state index contributed by atoms with van der Waals surface area (Å²) in [7, 11) is 1.60. The van der Waals surface area contributed by atoms with Crippen molar-refractivity contribution in [2.24, 2.45) is 0 Å². The topological polar surface area (TPSA) is 88.0 Å². The van der Waals surface area contributed by atoms with Gasteiger partial charge in [0.25, 0.3) is 5.56 Å². The summed E-state index contributed by atoms with van der Waals surface area (Å²) in [4.78, 5) is 19.4. The molecule has 3 aromatic rings. The zero-order valence-electron chi connectivity index (χ0n) is 18.3. The number of aromatic amines is 1. The number of rotatable bonds is 7. The fraction of sp³-hybridized carbons (Fsp3) is 0.292. The minimum absolute atomic E-state index is 0.0180. The number of aromatic nitrogens is 2. The SMILES string of the molecule is COc1ccc(-c2nc(SC)[nH]c(=O)c2C#N)cc1COc1cc(C)ccc1C(C)C. The van der Waals surface area contributed by atoms with Crippen LogP contribution in [-0.4, -0.2) is 23.3 Å². The number of hydrogen-bond donors (Lipinski definition) is 1. The molecule has 2 aromatic carbocycles. The second-order valence-corrected chi connectivity index (χ2v) is 8.22. The molecular weight excluding hydrogens is 410 g/mol. The van der Waals surface area contributed by atoms with E-state index in [2.05, 4.69) is 35.9 Å². The first kappa shape index (κ1) is 22.4. The Bertz CT molecular complexity index is 1200. The zero-order valence-corrected chi connectivity index (χ0v) is 19.1. The number of thioether (sulfide) groups is 1. The molecule has 0 aliphatic rings. The maximum absolute atomic E-state index is 12.3. The molecule has 1 aromatic heterocycles. The lowest BCUT2D eigenvalue weighted by Crippen LogP contribution is -2.14. The number of ether oxygens (including phenoxy) is 2. The van der Waals surface area contributed by atoms with E-state index in [0.29, 0.717) is 28.1 Å². The zero-order chi connectivity index (χ0) is 22.5. The number of methoxy groups -OCH3 is 1. The van der Waals surface area contributed by atoms with Crippen molar-refractivity contribution in [3.8, 4) is 28.8 Å². The Labute approximate surface area is 186 Å². The highest BCUT2D eigenvalue weighted by Gasteiger charge is 2.16. The molecule has 0 aliphatic heterocycles. The van der Waals surface area contributed by atoms with E-state index in [1.807, 2.05) is 31.4 Å². The van der Waals surface area contributed by atoms with Gasteiger partial charge in [-0.25, -0.2) is 4.98 Å². The molecule has 6 nitrogen and oxygen atoms in total. The highest BCUT2D eigenvalue weighted by Crippen LogP contribution is 2.31. The maximum Gasteiger partial charge on any atom is 0.270 e. The summed E-state index contributed by atoms with van der Waals surface area (Å²) in [6, 6.07) is 13.6. The average molecular weight is 436 g/mol. The molecule has 0 bridgehead atoms. The molecule has 0 amide bonds. The monoisotopic (exact) mass is 435 g/mol. The molecule has 0 unspecified atom stereocenters. The van der Waals surface area contributed by atoms with Crippen molar-refractivity contribution in [2.45, 2.75) is 38.5 Å². The lowest BCUT2D eigenvalue weighted by molar-refractivity contribution is 0.292. The molecule has 0 fully saturated rings. The van der Waals surface area contributed by atoms with Crippen molar-refractivity contribution in [3.63, 3.8) is 0 Å². The van der Waals surface area contributed by atoms with Crippen molar-refractivity contribution < 1.29 is 9.47 Å². The first-order chi connectivity index (χ1) is 14.9. The number of nitriles is 1. The van der Waals surface area contributed by atoms with Gasteiger partial charge in [0.2, 0.25) is 0 Å². The normalized spacial score (nSPS) is 10.7. The highest BCUT2D eigenvalue weighted by atomic mass is 32.2. The van der Waals surface area contributed by atoms with Crippen LogP contribution in [0.3, 0.4) is 0 Å². The van der Waals surface area contributed by atoms with E-state index in [9.17, 15) is 10.1 Å². The van der Waals surface area contributed by atoms with Gasteiger partial charge in [0, 0.05) is 11.1 Å². The molecule has 0 saturated heterocycles. The fourth-order valence-corrected chi connectivity index (χ4v) is 3.68. The van der Waals surface area contributed by atoms with E-state index in [0.717, 1.165) is 22.4 Å². The second-order valence-electron chi connectivity index (χ2n) is 7.42. The van der Waals surface area contributed by atoms with Gasteiger partial charge in [0.05, 0.1) is 12.8 Å². The van der Waals surface area contributed by atoms with Gasteiger partial charge < -0.3 is 14.5 Å². The molecule has 1 N–H and O–H groups in total. The number of hydrogen-bond acceptors (Lipinski definition) is 6. The van der Waals surface area contributed by atoms with Crippen LogP contribution in [0.4, 0.5) is 0 Å². The van der Waals surface area contributed by atoms with Gasteiger partial charge in [-0.3, -0.25) is 4.79 Å². The third-order valence-corrected chi connectivity index (χ3v) is 5.51. The molecule has 0 radical (unpaired) electrons. The van der Waals surface area contributed by atoms with Crippen LogP contribution in [0.15, 0.2) is 46.3 Å². The van der Waals surface area contributed by atoms with Crippen LogP contribution in [0.1, 0.15) is 42.0 Å². The third kappa shape index (κ3) is 4.92. The van der Waals surface area contributed by atoms with Crippen molar-refractivity contribution in [2.75, 3.05) is 13.4 Å². The molecular formula is C24H25N3O3S. The summed E-state index contributed by atoms with van der Waals surface area (Å²) in [5.41, 5.74) is 3.59. The predicted molar refractivity (Wildman–Crippen MR) is 123 cm³/mol. The fourth-order valence-electron chi connectivity index (χ4n) is 3.30. The highest BCUT2D eigenvalue weighted by molar-refractivity contribution is 7.98. The summed E-state index contributed by atoms with van der Waals surface area (Å²) < 4.78 is 11.7. The van der Waals surface area contributed by atoms with Crippen LogP contribution in [-0.2, 0) is 6.61 Å². The van der Waals surface area contributed by atoms with Gasteiger partial charge >= 0.3 is 0 Å². The van der Waals surface area contributed by atoms with E-state index in [1.54, 1.807) is 19.2 Å². The van der Waals surface area contributed by atoms with Gasteiger partial charge in [-0.1, -0.05) is 37.7 Å². The van der Waals surface area contributed by atoms with Gasteiger partial charge in [0.15, 0.2) is 5.16 Å².